The molecule has 3 rings (SSSR count). The molecular formula is C15H12N4. The fourth-order valence-corrected chi connectivity index (χ4v) is 2.10. The highest BCUT2D eigenvalue weighted by molar-refractivity contribution is 5.80. The zero-order valence-electron chi connectivity index (χ0n) is 10.2. The Morgan fingerprint density at radius 3 is 2.68 bits per heavy atom. The van der Waals surface area contributed by atoms with E-state index in [1.165, 1.54) is 0 Å². The van der Waals surface area contributed by atoms with Gasteiger partial charge in [0.25, 0.3) is 0 Å². The van der Waals surface area contributed by atoms with Crippen LogP contribution < -0.4 is 5.73 Å². The van der Waals surface area contributed by atoms with Crippen LogP contribution in [0.4, 0.5) is 5.69 Å². The minimum absolute atomic E-state index is 0.432. The highest BCUT2D eigenvalue weighted by atomic mass is 15.0. The zero-order chi connectivity index (χ0) is 13.2. The molecule has 2 N–H and O–H groups in total. The van der Waals surface area contributed by atoms with Crippen molar-refractivity contribution >= 4 is 16.7 Å². The van der Waals surface area contributed by atoms with Gasteiger partial charge in [-0.25, -0.2) is 4.98 Å². The summed E-state index contributed by atoms with van der Waals surface area (Å²) in [6.45, 7) is 0. The number of fused-ring (bicyclic) bond motifs is 1. The normalized spacial score (nSPS) is 10.5. The Kier molecular flexibility index (Phi) is 2.66. The molecule has 2 aromatic carbocycles. The number of rotatable bonds is 2. The van der Waals surface area contributed by atoms with Crippen LogP contribution in [0, 0.1) is 11.3 Å². The van der Waals surface area contributed by atoms with E-state index in [4.69, 9.17) is 11.0 Å². The standard InChI is InChI=1S/C15H12N4/c16-8-7-11-1-4-13(5-2-11)19-10-18-14-9-12(17)3-6-15(14)19/h1-6,9-10H,7,17H2. The lowest BCUT2D eigenvalue weighted by Crippen LogP contribution is -1.93. The van der Waals surface area contributed by atoms with Gasteiger partial charge in [-0.1, -0.05) is 12.1 Å². The molecule has 0 fully saturated rings. The summed E-state index contributed by atoms with van der Waals surface area (Å²) >= 11 is 0. The number of hydrogen-bond acceptors (Lipinski definition) is 3. The topological polar surface area (TPSA) is 67.6 Å². The van der Waals surface area contributed by atoms with E-state index in [0.717, 1.165) is 22.3 Å². The predicted molar refractivity (Wildman–Crippen MR) is 74.8 cm³/mol. The number of anilines is 1. The first kappa shape index (κ1) is 11.3. The van der Waals surface area contributed by atoms with Crippen LogP contribution in [0.25, 0.3) is 16.7 Å². The quantitative estimate of drug-likeness (QED) is 0.709. The highest BCUT2D eigenvalue weighted by Crippen LogP contribution is 2.20. The summed E-state index contributed by atoms with van der Waals surface area (Å²) in [6.07, 6.45) is 2.21. The Hall–Kier alpha value is -2.80. The van der Waals surface area contributed by atoms with E-state index < -0.39 is 0 Å². The molecule has 4 heteroatoms. The molecule has 0 aliphatic rings. The Bertz CT molecular complexity index is 763. The van der Waals surface area contributed by atoms with Crippen molar-refractivity contribution in [2.24, 2.45) is 0 Å². The number of aromatic nitrogens is 2. The molecule has 0 saturated heterocycles. The molecule has 0 unspecified atom stereocenters. The lowest BCUT2D eigenvalue weighted by atomic mass is 10.1. The van der Waals surface area contributed by atoms with E-state index in [-0.39, 0.29) is 0 Å². The first-order valence-corrected chi connectivity index (χ1v) is 5.97. The molecule has 92 valence electrons. The molecule has 0 saturated carbocycles. The van der Waals surface area contributed by atoms with Gasteiger partial charge in [-0.2, -0.15) is 5.26 Å². The second-order valence-electron chi connectivity index (χ2n) is 4.36. The van der Waals surface area contributed by atoms with Gasteiger partial charge >= 0.3 is 0 Å². The third kappa shape index (κ3) is 2.02. The first-order chi connectivity index (χ1) is 9.28. The Morgan fingerprint density at radius 2 is 1.95 bits per heavy atom. The van der Waals surface area contributed by atoms with Crippen molar-refractivity contribution in [2.75, 3.05) is 5.73 Å². The van der Waals surface area contributed by atoms with Crippen molar-refractivity contribution in [3.63, 3.8) is 0 Å². The van der Waals surface area contributed by atoms with Crippen molar-refractivity contribution in [1.29, 1.82) is 5.26 Å². The van der Waals surface area contributed by atoms with Crippen LogP contribution in [0.15, 0.2) is 48.8 Å². The molecule has 0 bridgehead atoms. The van der Waals surface area contributed by atoms with E-state index >= 15 is 0 Å². The molecular weight excluding hydrogens is 236 g/mol. The molecule has 19 heavy (non-hydrogen) atoms. The zero-order valence-corrected chi connectivity index (χ0v) is 10.2. The summed E-state index contributed by atoms with van der Waals surface area (Å²) < 4.78 is 2.00. The van der Waals surface area contributed by atoms with Crippen LogP contribution >= 0.6 is 0 Å². The maximum Gasteiger partial charge on any atom is 0.100 e. The smallest absolute Gasteiger partial charge is 0.100 e. The molecule has 3 aromatic rings. The maximum absolute atomic E-state index is 8.66. The van der Waals surface area contributed by atoms with Crippen LogP contribution in [0.3, 0.4) is 0 Å². The number of hydrogen-bond donors (Lipinski definition) is 1. The lowest BCUT2D eigenvalue weighted by Gasteiger charge is -2.05. The van der Waals surface area contributed by atoms with Crippen LogP contribution in [-0.4, -0.2) is 9.55 Å². The van der Waals surface area contributed by atoms with Crippen LogP contribution in [0.5, 0.6) is 0 Å². The first-order valence-electron chi connectivity index (χ1n) is 5.97. The maximum atomic E-state index is 8.66. The molecule has 0 spiro atoms. The number of imidazole rings is 1. The van der Waals surface area contributed by atoms with Crippen LogP contribution in [-0.2, 0) is 6.42 Å². The summed E-state index contributed by atoms with van der Waals surface area (Å²) in [6, 6.07) is 15.7. The van der Waals surface area contributed by atoms with E-state index in [1.54, 1.807) is 6.33 Å². The number of nitrogen functional groups attached to an aromatic ring is 1. The summed E-state index contributed by atoms with van der Waals surface area (Å²) in [5.41, 5.74) is 10.4. The van der Waals surface area contributed by atoms with Gasteiger partial charge in [-0.3, -0.25) is 4.57 Å². The van der Waals surface area contributed by atoms with E-state index in [1.807, 2.05) is 47.0 Å². The number of benzene rings is 2. The van der Waals surface area contributed by atoms with Gasteiger partial charge in [0.1, 0.15) is 6.33 Å². The molecule has 0 radical (unpaired) electrons. The highest BCUT2D eigenvalue weighted by Gasteiger charge is 2.04. The molecule has 1 aromatic heterocycles. The number of nitriles is 1. The second-order valence-corrected chi connectivity index (χ2v) is 4.36. The summed E-state index contributed by atoms with van der Waals surface area (Å²) in [5, 5.41) is 8.66. The minimum atomic E-state index is 0.432. The van der Waals surface area contributed by atoms with E-state index in [9.17, 15) is 0 Å². The van der Waals surface area contributed by atoms with Crippen LogP contribution in [0.1, 0.15) is 5.56 Å². The Labute approximate surface area is 110 Å². The third-order valence-electron chi connectivity index (χ3n) is 3.07. The molecule has 0 amide bonds. The summed E-state index contributed by atoms with van der Waals surface area (Å²) in [7, 11) is 0. The average molecular weight is 248 g/mol. The van der Waals surface area contributed by atoms with Gasteiger partial charge in [0.2, 0.25) is 0 Å². The van der Waals surface area contributed by atoms with Crippen molar-refractivity contribution < 1.29 is 0 Å². The fourth-order valence-electron chi connectivity index (χ4n) is 2.10. The number of nitrogens with two attached hydrogens (primary N) is 1. The van der Waals surface area contributed by atoms with Crippen molar-refractivity contribution in [3.8, 4) is 11.8 Å². The van der Waals surface area contributed by atoms with E-state index in [0.29, 0.717) is 12.1 Å². The van der Waals surface area contributed by atoms with Crippen molar-refractivity contribution in [1.82, 2.24) is 9.55 Å². The second kappa shape index (κ2) is 4.46. The van der Waals surface area contributed by atoms with Gasteiger partial charge in [-0.15, -0.1) is 0 Å². The van der Waals surface area contributed by atoms with Crippen LogP contribution in [0.2, 0.25) is 0 Å². The molecule has 0 aliphatic heterocycles. The average Bonchev–Trinajstić information content (AvgIpc) is 2.83. The monoisotopic (exact) mass is 248 g/mol. The van der Waals surface area contributed by atoms with Gasteiger partial charge in [0.05, 0.1) is 23.5 Å². The summed E-state index contributed by atoms with van der Waals surface area (Å²) in [4.78, 5) is 4.35. The molecule has 4 nitrogen and oxygen atoms in total. The van der Waals surface area contributed by atoms with Gasteiger partial charge < -0.3 is 5.73 Å². The molecule has 0 aliphatic carbocycles. The van der Waals surface area contributed by atoms with Crippen molar-refractivity contribution in [3.05, 3.63) is 54.4 Å². The Morgan fingerprint density at radius 1 is 1.16 bits per heavy atom. The van der Waals surface area contributed by atoms with Crippen molar-refractivity contribution in [2.45, 2.75) is 6.42 Å². The molecule has 0 atom stereocenters. The minimum Gasteiger partial charge on any atom is -0.399 e. The third-order valence-corrected chi connectivity index (χ3v) is 3.07. The molecule has 1 heterocycles. The largest absolute Gasteiger partial charge is 0.399 e. The number of nitrogens with zero attached hydrogens (tertiary/aromatic N) is 3. The van der Waals surface area contributed by atoms with Gasteiger partial charge in [0, 0.05) is 11.4 Å². The van der Waals surface area contributed by atoms with Gasteiger partial charge in [0.15, 0.2) is 0 Å². The van der Waals surface area contributed by atoms with Gasteiger partial charge in [-0.05, 0) is 35.9 Å². The SMILES string of the molecule is N#CCc1ccc(-n2cnc3cc(N)ccc32)cc1. The van der Waals surface area contributed by atoms with E-state index in [2.05, 4.69) is 11.1 Å². The Balaban J connectivity index is 2.07. The predicted octanol–water partition coefficient (Wildman–Crippen LogP) is 2.67. The fraction of sp³-hybridized carbons (Fsp3) is 0.0667. The summed E-state index contributed by atoms with van der Waals surface area (Å²) in [5.74, 6) is 0. The lowest BCUT2D eigenvalue weighted by molar-refractivity contribution is 1.09.